The number of aromatic nitrogens is 1. The van der Waals surface area contributed by atoms with Crippen molar-refractivity contribution in [2.24, 2.45) is 0 Å². The van der Waals surface area contributed by atoms with Crippen molar-refractivity contribution < 1.29 is 9.53 Å². The number of carbonyl (C=O) groups excluding carboxylic acids is 1. The molecule has 5 heteroatoms. The molecule has 1 unspecified atom stereocenters. The molecule has 1 atom stereocenters. The van der Waals surface area contributed by atoms with Crippen LogP contribution in [0.5, 0.6) is 0 Å². The predicted octanol–water partition coefficient (Wildman–Crippen LogP) is 7.23. The van der Waals surface area contributed by atoms with Gasteiger partial charge in [0.1, 0.15) is 0 Å². The molecule has 0 fully saturated rings. The molecule has 1 aromatic heterocycles. The lowest BCUT2D eigenvalue weighted by molar-refractivity contribution is -0.135. The number of carbonyl (C=O) groups is 1. The number of ether oxygens (including phenoxy) is 1. The number of H-pyrrole nitrogens is 1. The molecule has 36 heavy (non-hydrogen) atoms. The average molecular weight is 493 g/mol. The van der Waals surface area contributed by atoms with Crippen LogP contribution in [0.2, 0.25) is 5.02 Å². The van der Waals surface area contributed by atoms with Crippen LogP contribution in [-0.4, -0.2) is 17.5 Å². The van der Waals surface area contributed by atoms with Gasteiger partial charge in [-0.1, -0.05) is 90.5 Å². The maximum Gasteiger partial charge on any atom is 0.266 e. The van der Waals surface area contributed by atoms with Crippen molar-refractivity contribution in [1.29, 1.82) is 0 Å². The molecule has 2 N–H and O–H groups in total. The molecule has 0 radical (unpaired) electrons. The highest BCUT2D eigenvalue weighted by molar-refractivity contribution is 6.31. The first kappa shape index (κ1) is 22.6. The van der Waals surface area contributed by atoms with E-state index in [0.717, 1.165) is 44.5 Å². The molecular weight excluding hydrogens is 468 g/mol. The minimum absolute atomic E-state index is 0.161. The molecular formula is C31H25ClN2O2. The zero-order valence-corrected chi connectivity index (χ0v) is 20.5. The Morgan fingerprint density at radius 2 is 1.50 bits per heavy atom. The molecule has 4 nitrogen and oxygen atoms in total. The van der Waals surface area contributed by atoms with Crippen molar-refractivity contribution in [3.63, 3.8) is 0 Å². The van der Waals surface area contributed by atoms with Gasteiger partial charge in [-0.25, -0.2) is 0 Å². The Morgan fingerprint density at radius 1 is 0.861 bits per heavy atom. The van der Waals surface area contributed by atoms with Crippen LogP contribution in [0.4, 0.5) is 5.69 Å². The van der Waals surface area contributed by atoms with Gasteiger partial charge in [0.05, 0.1) is 0 Å². The van der Waals surface area contributed by atoms with E-state index >= 15 is 0 Å². The largest absolute Gasteiger partial charge is 0.357 e. The quantitative estimate of drug-likeness (QED) is 0.262. The molecule has 1 amide bonds. The van der Waals surface area contributed by atoms with Crippen LogP contribution < -0.4 is 5.32 Å². The molecule has 0 bridgehead atoms. The highest BCUT2D eigenvalue weighted by atomic mass is 35.5. The second-order valence-corrected chi connectivity index (χ2v) is 9.41. The molecule has 0 saturated heterocycles. The molecule has 5 aromatic rings. The van der Waals surface area contributed by atoms with Crippen LogP contribution in [0.1, 0.15) is 40.8 Å². The number of aromatic amines is 1. The van der Waals surface area contributed by atoms with Crippen molar-refractivity contribution in [3.05, 3.63) is 136 Å². The summed E-state index contributed by atoms with van der Waals surface area (Å²) >= 11 is 6.52. The minimum Gasteiger partial charge on any atom is -0.357 e. The van der Waals surface area contributed by atoms with Gasteiger partial charge >= 0.3 is 0 Å². The summed E-state index contributed by atoms with van der Waals surface area (Å²) in [5, 5.41) is 4.55. The number of hydrogen-bond acceptors (Lipinski definition) is 2. The lowest BCUT2D eigenvalue weighted by Gasteiger charge is -2.31. The molecule has 4 aromatic carbocycles. The van der Waals surface area contributed by atoms with E-state index in [1.165, 1.54) is 0 Å². The Kier molecular flexibility index (Phi) is 5.63. The predicted molar refractivity (Wildman–Crippen MR) is 145 cm³/mol. The number of halogens is 1. The van der Waals surface area contributed by atoms with Crippen LogP contribution >= 0.6 is 11.6 Å². The Morgan fingerprint density at radius 3 is 2.17 bits per heavy atom. The molecule has 0 spiro atoms. The molecule has 6 rings (SSSR count). The van der Waals surface area contributed by atoms with Gasteiger partial charge < -0.3 is 15.0 Å². The number of hydrogen-bond donors (Lipinski definition) is 2. The Bertz CT molecular complexity index is 1520. The van der Waals surface area contributed by atoms with E-state index in [-0.39, 0.29) is 11.8 Å². The first-order valence-electron chi connectivity index (χ1n) is 12.1. The fourth-order valence-corrected chi connectivity index (χ4v) is 5.68. The summed E-state index contributed by atoms with van der Waals surface area (Å²) < 4.78 is 6.51. The third kappa shape index (κ3) is 3.45. The first-order chi connectivity index (χ1) is 17.6. The summed E-state index contributed by atoms with van der Waals surface area (Å²) in [7, 11) is 0. The topological polar surface area (TPSA) is 54.1 Å². The van der Waals surface area contributed by atoms with Crippen LogP contribution in [0, 0.1) is 0 Å². The molecule has 2 heterocycles. The van der Waals surface area contributed by atoms with Crippen LogP contribution in [0.15, 0.2) is 103 Å². The number of anilines is 1. The van der Waals surface area contributed by atoms with Gasteiger partial charge in [0.15, 0.2) is 0 Å². The van der Waals surface area contributed by atoms with E-state index < -0.39 is 5.60 Å². The van der Waals surface area contributed by atoms with E-state index in [1.807, 2.05) is 85.8 Å². The first-order valence-corrected chi connectivity index (χ1v) is 12.5. The zero-order valence-electron chi connectivity index (χ0n) is 19.8. The van der Waals surface area contributed by atoms with Gasteiger partial charge in [0, 0.05) is 51.0 Å². The summed E-state index contributed by atoms with van der Waals surface area (Å²) in [5.41, 5.74) is 5.06. The summed E-state index contributed by atoms with van der Waals surface area (Å²) in [6.45, 7) is 2.28. The lowest BCUT2D eigenvalue weighted by atomic mass is 9.79. The van der Waals surface area contributed by atoms with Crippen LogP contribution in [-0.2, 0) is 15.1 Å². The smallest absolute Gasteiger partial charge is 0.266 e. The number of para-hydroxylation sites is 1. The van der Waals surface area contributed by atoms with Gasteiger partial charge in [-0.05, 0) is 42.3 Å². The maximum absolute atomic E-state index is 13.9. The Labute approximate surface area is 214 Å². The van der Waals surface area contributed by atoms with Crippen LogP contribution in [0.25, 0.3) is 10.9 Å². The third-order valence-corrected chi connectivity index (χ3v) is 7.17. The molecule has 0 saturated carbocycles. The number of rotatable bonds is 6. The van der Waals surface area contributed by atoms with E-state index in [1.54, 1.807) is 0 Å². The Hall–Kier alpha value is -3.86. The van der Waals surface area contributed by atoms with E-state index in [4.69, 9.17) is 16.3 Å². The van der Waals surface area contributed by atoms with E-state index in [2.05, 4.69) is 34.6 Å². The van der Waals surface area contributed by atoms with Crippen LogP contribution in [0.3, 0.4) is 0 Å². The molecule has 178 valence electrons. The molecule has 1 aliphatic rings. The van der Waals surface area contributed by atoms with Crippen molar-refractivity contribution in [3.8, 4) is 0 Å². The maximum atomic E-state index is 13.9. The minimum atomic E-state index is -1.33. The monoisotopic (exact) mass is 492 g/mol. The summed E-state index contributed by atoms with van der Waals surface area (Å²) in [6, 6.07) is 34.2. The highest BCUT2D eigenvalue weighted by Crippen LogP contribution is 2.50. The number of amides is 1. The third-order valence-electron chi connectivity index (χ3n) is 6.93. The standard InChI is InChI=1S/C31H25ClN2O2/c1-2-36-31(24-15-9-10-16-26(24)34-30(31)35)28-23-19-22(32)17-18-25(23)33-29(28)27(20-11-5-3-6-12-20)21-13-7-4-8-14-21/h3-19,27,33H,2H2,1H3,(H,34,35). The van der Waals surface area contributed by atoms with E-state index in [9.17, 15) is 4.79 Å². The van der Waals surface area contributed by atoms with Crippen molar-refractivity contribution in [2.45, 2.75) is 18.4 Å². The van der Waals surface area contributed by atoms with Gasteiger partial charge in [0.25, 0.3) is 5.91 Å². The van der Waals surface area contributed by atoms with Gasteiger partial charge in [-0.15, -0.1) is 0 Å². The normalized spacial score (nSPS) is 16.9. The zero-order chi connectivity index (χ0) is 24.7. The Balaban J connectivity index is 1.74. The number of nitrogens with one attached hydrogen (secondary N) is 2. The lowest BCUT2D eigenvalue weighted by Crippen LogP contribution is -2.39. The number of fused-ring (bicyclic) bond motifs is 2. The van der Waals surface area contributed by atoms with Crippen molar-refractivity contribution >= 4 is 34.1 Å². The molecule has 0 aliphatic carbocycles. The average Bonchev–Trinajstić information content (AvgIpc) is 3.40. The van der Waals surface area contributed by atoms with Gasteiger partial charge in [-0.3, -0.25) is 4.79 Å². The SMILES string of the molecule is CCOC1(c2c(C(c3ccccc3)c3ccccc3)[nH]c3ccc(Cl)cc23)C(=O)Nc2ccccc21. The fraction of sp³-hybridized carbons (Fsp3) is 0.129. The van der Waals surface area contributed by atoms with Crippen molar-refractivity contribution in [2.75, 3.05) is 11.9 Å². The highest BCUT2D eigenvalue weighted by Gasteiger charge is 2.52. The second kappa shape index (κ2) is 8.98. The van der Waals surface area contributed by atoms with E-state index in [0.29, 0.717) is 11.6 Å². The van der Waals surface area contributed by atoms with Crippen molar-refractivity contribution in [1.82, 2.24) is 4.98 Å². The molecule has 1 aliphatic heterocycles. The summed E-state index contributed by atoms with van der Waals surface area (Å²) in [4.78, 5) is 17.6. The second-order valence-electron chi connectivity index (χ2n) is 8.97. The number of benzene rings is 4. The fourth-order valence-electron chi connectivity index (χ4n) is 5.51. The summed E-state index contributed by atoms with van der Waals surface area (Å²) in [6.07, 6.45) is 0. The van der Waals surface area contributed by atoms with Gasteiger partial charge in [0.2, 0.25) is 5.60 Å². The van der Waals surface area contributed by atoms with Gasteiger partial charge in [-0.2, -0.15) is 0 Å². The summed E-state index contributed by atoms with van der Waals surface area (Å²) in [5.74, 6) is -0.362.